The number of nitrogens with two attached hydrogens (primary N) is 1. The molecule has 4 heterocycles. The Morgan fingerprint density at radius 1 is 1.07 bits per heavy atom. The van der Waals surface area contributed by atoms with Crippen molar-refractivity contribution < 1.29 is 19.1 Å². The zero-order valence-corrected chi connectivity index (χ0v) is 23.6. The van der Waals surface area contributed by atoms with Gasteiger partial charge in [-0.05, 0) is 68.5 Å². The largest absolute Gasteiger partial charge is 0.490 e. The second-order valence-corrected chi connectivity index (χ2v) is 11.7. The van der Waals surface area contributed by atoms with Gasteiger partial charge < -0.3 is 25.6 Å². The lowest BCUT2D eigenvalue weighted by atomic mass is 9.86. The van der Waals surface area contributed by atoms with Crippen LogP contribution >= 0.6 is 0 Å². The number of benzene rings is 1. The molecule has 10 heteroatoms. The zero-order valence-electron chi connectivity index (χ0n) is 23.6. The highest BCUT2D eigenvalue weighted by atomic mass is 16.5. The maximum absolute atomic E-state index is 13.2. The van der Waals surface area contributed by atoms with Crippen molar-refractivity contribution in [3.8, 4) is 5.75 Å². The predicted molar refractivity (Wildman–Crippen MR) is 156 cm³/mol. The number of nitrogens with zero attached hydrogens (tertiary/aromatic N) is 4. The van der Waals surface area contributed by atoms with E-state index in [0.29, 0.717) is 53.1 Å². The van der Waals surface area contributed by atoms with Gasteiger partial charge in [0.1, 0.15) is 23.7 Å². The van der Waals surface area contributed by atoms with Crippen LogP contribution < -0.4 is 20.7 Å². The normalized spacial score (nSPS) is 24.9. The first-order valence-corrected chi connectivity index (χ1v) is 14.7. The molecule has 1 atom stereocenters. The maximum atomic E-state index is 13.2. The van der Waals surface area contributed by atoms with Gasteiger partial charge in [0.2, 0.25) is 5.91 Å². The summed E-state index contributed by atoms with van der Waals surface area (Å²) < 4.78 is 6.24. The molecule has 216 valence electrons. The Kier molecular flexibility index (Phi) is 7.42. The molecule has 3 aliphatic heterocycles. The second kappa shape index (κ2) is 11.2. The van der Waals surface area contributed by atoms with Crippen LogP contribution in [-0.4, -0.2) is 76.9 Å². The lowest BCUT2D eigenvalue weighted by molar-refractivity contribution is -0.125. The van der Waals surface area contributed by atoms with Crippen LogP contribution in [-0.2, 0) is 4.79 Å². The molecule has 6 rings (SSSR count). The van der Waals surface area contributed by atoms with Gasteiger partial charge in [-0.15, -0.1) is 0 Å². The number of nitrogen functional groups attached to an aromatic ring is 1. The van der Waals surface area contributed by atoms with E-state index >= 15 is 0 Å². The van der Waals surface area contributed by atoms with E-state index in [0.717, 1.165) is 62.6 Å². The molecule has 10 nitrogen and oxygen atoms in total. The fourth-order valence-corrected chi connectivity index (χ4v) is 6.53. The van der Waals surface area contributed by atoms with E-state index in [1.165, 1.54) is 0 Å². The summed E-state index contributed by atoms with van der Waals surface area (Å²) >= 11 is 0. The number of fused-ring (bicyclic) bond motifs is 1. The summed E-state index contributed by atoms with van der Waals surface area (Å²) in [6.07, 6.45) is 6.88. The average Bonchev–Trinajstić information content (AvgIpc) is 3.19. The number of imide groups is 1. The molecule has 1 unspecified atom stereocenters. The third-order valence-corrected chi connectivity index (χ3v) is 9.02. The third-order valence-electron chi connectivity index (χ3n) is 9.02. The first-order valence-electron chi connectivity index (χ1n) is 14.7. The molecule has 1 aliphatic carbocycles. The van der Waals surface area contributed by atoms with Crippen molar-refractivity contribution in [2.45, 2.75) is 63.6 Å². The van der Waals surface area contributed by atoms with Crippen molar-refractivity contribution in [2.75, 3.05) is 36.8 Å². The van der Waals surface area contributed by atoms with Crippen LogP contribution in [0, 0.1) is 5.92 Å². The fourth-order valence-electron chi connectivity index (χ4n) is 6.53. The highest BCUT2D eigenvalue weighted by Crippen LogP contribution is 2.35. The summed E-state index contributed by atoms with van der Waals surface area (Å²) in [5, 5.41) is 2.66. The van der Waals surface area contributed by atoms with E-state index < -0.39 is 17.9 Å². The number of allylic oxidation sites excluding steroid dienone is 1. The molecule has 1 saturated carbocycles. The van der Waals surface area contributed by atoms with Crippen LogP contribution in [0.5, 0.6) is 5.75 Å². The number of aromatic nitrogens is 1. The van der Waals surface area contributed by atoms with Crippen molar-refractivity contribution in [3.63, 3.8) is 0 Å². The molecule has 41 heavy (non-hydrogen) atoms. The van der Waals surface area contributed by atoms with Gasteiger partial charge in [0.15, 0.2) is 0 Å². The Hall–Kier alpha value is -3.92. The topological polar surface area (TPSA) is 121 Å². The Labute approximate surface area is 240 Å². The van der Waals surface area contributed by atoms with Crippen LogP contribution in [0.2, 0.25) is 0 Å². The van der Waals surface area contributed by atoms with Crippen LogP contribution in [0.3, 0.4) is 0 Å². The number of hydrogen-bond acceptors (Lipinski definition) is 8. The zero-order chi connectivity index (χ0) is 28.7. The van der Waals surface area contributed by atoms with Gasteiger partial charge in [-0.25, -0.2) is 4.98 Å². The number of hydrogen-bond donors (Lipinski definition) is 2. The van der Waals surface area contributed by atoms with E-state index in [1.54, 1.807) is 24.4 Å². The minimum absolute atomic E-state index is 0.0731. The molecule has 4 aliphatic rings. The van der Waals surface area contributed by atoms with Gasteiger partial charge in [-0.3, -0.25) is 19.3 Å². The van der Waals surface area contributed by atoms with Crippen molar-refractivity contribution in [2.24, 2.45) is 5.92 Å². The third kappa shape index (κ3) is 5.40. The van der Waals surface area contributed by atoms with Crippen molar-refractivity contribution >= 4 is 29.2 Å². The number of anilines is 2. The van der Waals surface area contributed by atoms with E-state index in [9.17, 15) is 14.4 Å². The Morgan fingerprint density at radius 3 is 2.51 bits per heavy atom. The number of pyridine rings is 1. The summed E-state index contributed by atoms with van der Waals surface area (Å²) in [4.78, 5) is 49.1. The summed E-state index contributed by atoms with van der Waals surface area (Å²) in [7, 11) is 0. The van der Waals surface area contributed by atoms with Gasteiger partial charge in [0, 0.05) is 44.2 Å². The van der Waals surface area contributed by atoms with Crippen molar-refractivity contribution in [1.82, 2.24) is 20.1 Å². The SMILES string of the molecule is C=C1CCC(N2C(=O)c3ccc(O[C@H]4C[C@H](N(CC)CC5CCN(c6ccc(N)cn6)CC5)C4)cc3C2=O)C(=O)N1. The molecule has 1 aromatic heterocycles. The molecule has 0 radical (unpaired) electrons. The standard InChI is InChI=1S/C31H38N6O4/c1-3-35(18-20-10-12-36(13-11-20)28-9-5-21(32)17-33-28)22-14-24(15-22)41-23-6-7-25-26(16-23)31(40)37(30(25)39)27-8-4-19(2)34-29(27)38/h5-7,9,16-17,20,22,24,27H,2-4,8,10-15,18,32H2,1H3,(H,34,38)/t22-,24-,27?. The summed E-state index contributed by atoms with van der Waals surface area (Å²) in [5.74, 6) is 1.01. The number of amides is 3. The molecule has 3 amide bonds. The van der Waals surface area contributed by atoms with Crippen molar-refractivity contribution in [1.29, 1.82) is 0 Å². The first-order chi connectivity index (χ1) is 19.8. The quantitative estimate of drug-likeness (QED) is 0.474. The number of rotatable bonds is 8. The summed E-state index contributed by atoms with van der Waals surface area (Å²) in [5.41, 5.74) is 7.70. The van der Waals surface area contributed by atoms with E-state index in [4.69, 9.17) is 10.5 Å². The van der Waals surface area contributed by atoms with Crippen LogP contribution in [0.4, 0.5) is 11.5 Å². The fraction of sp³-hybridized carbons (Fsp3) is 0.484. The van der Waals surface area contributed by atoms with E-state index in [-0.39, 0.29) is 12.0 Å². The highest BCUT2D eigenvalue weighted by molar-refractivity contribution is 6.23. The van der Waals surface area contributed by atoms with Crippen LogP contribution in [0.25, 0.3) is 0 Å². The number of piperidine rings is 2. The second-order valence-electron chi connectivity index (χ2n) is 11.7. The monoisotopic (exact) mass is 558 g/mol. The maximum Gasteiger partial charge on any atom is 0.262 e. The molecule has 3 fully saturated rings. The average molecular weight is 559 g/mol. The Morgan fingerprint density at radius 2 is 1.83 bits per heavy atom. The molecule has 2 aromatic rings. The molecule has 3 N–H and O–H groups in total. The van der Waals surface area contributed by atoms with Crippen molar-refractivity contribution in [3.05, 3.63) is 59.9 Å². The summed E-state index contributed by atoms with van der Waals surface area (Å²) in [6.45, 7) is 10.1. The predicted octanol–water partition coefficient (Wildman–Crippen LogP) is 3.20. The number of carbonyl (C=O) groups excluding carboxylic acids is 3. The smallest absolute Gasteiger partial charge is 0.262 e. The molecular formula is C31H38N6O4. The molecular weight excluding hydrogens is 520 g/mol. The van der Waals surface area contributed by atoms with Gasteiger partial charge in [-0.2, -0.15) is 0 Å². The van der Waals surface area contributed by atoms with Crippen LogP contribution in [0.15, 0.2) is 48.8 Å². The van der Waals surface area contributed by atoms with Gasteiger partial charge in [0.05, 0.1) is 23.0 Å². The molecule has 0 spiro atoms. The van der Waals surface area contributed by atoms with Gasteiger partial charge in [0.25, 0.3) is 11.8 Å². The number of ether oxygens (including phenoxy) is 1. The minimum Gasteiger partial charge on any atom is -0.490 e. The lowest BCUT2D eigenvalue weighted by Gasteiger charge is -2.44. The summed E-state index contributed by atoms with van der Waals surface area (Å²) in [6, 6.07) is 8.63. The minimum atomic E-state index is -0.814. The van der Waals surface area contributed by atoms with E-state index in [2.05, 4.69) is 33.6 Å². The molecule has 1 aromatic carbocycles. The van der Waals surface area contributed by atoms with Gasteiger partial charge in [-0.1, -0.05) is 13.5 Å². The molecule has 0 bridgehead atoms. The number of carbonyl (C=O) groups is 3. The lowest BCUT2D eigenvalue weighted by Crippen LogP contribution is -2.51. The van der Waals surface area contributed by atoms with E-state index in [1.807, 2.05) is 12.1 Å². The molecule has 2 saturated heterocycles. The highest BCUT2D eigenvalue weighted by Gasteiger charge is 2.44. The van der Waals surface area contributed by atoms with Gasteiger partial charge >= 0.3 is 0 Å². The van der Waals surface area contributed by atoms with Crippen LogP contribution in [0.1, 0.15) is 66.2 Å². The Balaban J connectivity index is 1.000. The first kappa shape index (κ1) is 27.3. The Bertz CT molecular complexity index is 1350. The number of nitrogens with one attached hydrogen (secondary N) is 1.